The van der Waals surface area contributed by atoms with Crippen molar-refractivity contribution in [3.63, 3.8) is 0 Å². The van der Waals surface area contributed by atoms with Gasteiger partial charge in [-0.3, -0.25) is 0 Å². The van der Waals surface area contributed by atoms with Crippen LogP contribution in [0.4, 0.5) is 0 Å². The van der Waals surface area contributed by atoms with Crippen LogP contribution in [0.1, 0.15) is 44.4 Å². The van der Waals surface area contributed by atoms with E-state index in [1.54, 1.807) is 0 Å². The van der Waals surface area contributed by atoms with E-state index in [4.69, 9.17) is 11.6 Å². The minimum absolute atomic E-state index is 0.743. The van der Waals surface area contributed by atoms with Crippen LogP contribution in [-0.4, -0.2) is 21.3 Å². The Bertz CT molecular complexity index is 592. The molecule has 1 aromatic carbocycles. The van der Waals surface area contributed by atoms with Gasteiger partial charge in [0.05, 0.1) is 5.69 Å². The normalized spacial score (nSPS) is 11.0. The number of nitrogens with zero attached hydrogens (tertiary/aromatic N) is 3. The summed E-state index contributed by atoms with van der Waals surface area (Å²) < 4.78 is 1.94. The molecule has 0 radical (unpaired) electrons. The fraction of sp³-hybridized carbons (Fsp3) is 0.500. The van der Waals surface area contributed by atoms with Crippen molar-refractivity contribution in [2.24, 2.45) is 0 Å². The Labute approximate surface area is 131 Å². The SMILES string of the molecule is CCCNCc1c(Cl)cccc1-n1nc(CC)nc1CC. The zero-order chi connectivity index (χ0) is 15.2. The summed E-state index contributed by atoms with van der Waals surface area (Å²) in [6.45, 7) is 8.04. The number of hydrogen-bond donors (Lipinski definition) is 1. The predicted molar refractivity (Wildman–Crippen MR) is 87.1 cm³/mol. The molecule has 2 rings (SSSR count). The maximum Gasteiger partial charge on any atom is 0.151 e. The highest BCUT2D eigenvalue weighted by Crippen LogP contribution is 2.24. The van der Waals surface area contributed by atoms with E-state index >= 15 is 0 Å². The largest absolute Gasteiger partial charge is 0.313 e. The molecule has 2 aromatic rings. The quantitative estimate of drug-likeness (QED) is 0.796. The van der Waals surface area contributed by atoms with Crippen LogP contribution in [0, 0.1) is 0 Å². The third-order valence-electron chi connectivity index (χ3n) is 3.40. The number of nitrogens with one attached hydrogen (secondary N) is 1. The Morgan fingerprint density at radius 1 is 1.19 bits per heavy atom. The van der Waals surface area contributed by atoms with Crippen molar-refractivity contribution in [3.05, 3.63) is 40.4 Å². The first-order chi connectivity index (χ1) is 10.2. The van der Waals surface area contributed by atoms with Crippen molar-refractivity contribution in [2.45, 2.75) is 46.6 Å². The van der Waals surface area contributed by atoms with Gasteiger partial charge in [0.15, 0.2) is 5.82 Å². The summed E-state index contributed by atoms with van der Waals surface area (Å²) in [5.41, 5.74) is 2.10. The molecule has 5 heteroatoms. The minimum Gasteiger partial charge on any atom is -0.313 e. The number of rotatable bonds is 7. The van der Waals surface area contributed by atoms with Crippen molar-refractivity contribution in [2.75, 3.05) is 6.54 Å². The summed E-state index contributed by atoms with van der Waals surface area (Å²) in [6, 6.07) is 5.95. The maximum atomic E-state index is 6.39. The Hall–Kier alpha value is -1.39. The Balaban J connectivity index is 2.43. The van der Waals surface area contributed by atoms with Gasteiger partial charge in [-0.1, -0.05) is 38.4 Å². The van der Waals surface area contributed by atoms with Gasteiger partial charge in [0, 0.05) is 30.0 Å². The number of aromatic nitrogens is 3. The molecule has 0 aliphatic rings. The Morgan fingerprint density at radius 2 is 2.00 bits per heavy atom. The molecule has 1 N–H and O–H groups in total. The molecule has 0 aliphatic heterocycles. The van der Waals surface area contributed by atoms with Crippen molar-refractivity contribution >= 4 is 11.6 Å². The minimum atomic E-state index is 0.743. The molecule has 0 saturated carbocycles. The van der Waals surface area contributed by atoms with Crippen molar-refractivity contribution < 1.29 is 0 Å². The summed E-state index contributed by atoms with van der Waals surface area (Å²) in [5.74, 6) is 1.85. The lowest BCUT2D eigenvalue weighted by molar-refractivity contribution is 0.667. The third-order valence-corrected chi connectivity index (χ3v) is 3.76. The zero-order valence-electron chi connectivity index (χ0n) is 13.0. The van der Waals surface area contributed by atoms with E-state index in [0.29, 0.717) is 0 Å². The van der Waals surface area contributed by atoms with Gasteiger partial charge in [-0.2, -0.15) is 5.10 Å². The van der Waals surface area contributed by atoms with Crippen LogP contribution in [0.5, 0.6) is 0 Å². The Kier molecular flexibility index (Phi) is 5.76. The van der Waals surface area contributed by atoms with Crippen LogP contribution in [0.2, 0.25) is 5.02 Å². The maximum absolute atomic E-state index is 6.39. The van der Waals surface area contributed by atoms with Crippen LogP contribution in [0.3, 0.4) is 0 Å². The van der Waals surface area contributed by atoms with E-state index in [-0.39, 0.29) is 0 Å². The lowest BCUT2D eigenvalue weighted by Crippen LogP contribution is -2.17. The van der Waals surface area contributed by atoms with Gasteiger partial charge >= 0.3 is 0 Å². The zero-order valence-corrected chi connectivity index (χ0v) is 13.7. The predicted octanol–water partition coefficient (Wildman–Crippen LogP) is 3.55. The summed E-state index contributed by atoms with van der Waals surface area (Å²) in [4.78, 5) is 4.58. The van der Waals surface area contributed by atoms with Crippen LogP contribution in [0.25, 0.3) is 5.69 Å². The standard InChI is InChI=1S/C16H23ClN4/c1-4-10-18-11-12-13(17)8-7-9-14(12)21-16(6-3)19-15(5-2)20-21/h7-9,18H,4-6,10-11H2,1-3H3. The number of aryl methyl sites for hydroxylation is 2. The molecular weight excluding hydrogens is 284 g/mol. The molecule has 0 aliphatic carbocycles. The smallest absolute Gasteiger partial charge is 0.151 e. The molecule has 0 atom stereocenters. The highest BCUT2D eigenvalue weighted by molar-refractivity contribution is 6.31. The van der Waals surface area contributed by atoms with E-state index in [2.05, 4.69) is 42.2 Å². The van der Waals surface area contributed by atoms with E-state index < -0.39 is 0 Å². The van der Waals surface area contributed by atoms with Gasteiger partial charge in [0.2, 0.25) is 0 Å². The molecule has 0 amide bonds. The molecule has 1 aromatic heterocycles. The fourth-order valence-corrected chi connectivity index (χ4v) is 2.51. The monoisotopic (exact) mass is 306 g/mol. The summed E-state index contributed by atoms with van der Waals surface area (Å²) in [7, 11) is 0. The van der Waals surface area contributed by atoms with Gasteiger partial charge < -0.3 is 5.32 Å². The molecule has 114 valence electrons. The van der Waals surface area contributed by atoms with Crippen LogP contribution in [-0.2, 0) is 19.4 Å². The second kappa shape index (κ2) is 7.57. The van der Waals surface area contributed by atoms with Gasteiger partial charge in [0.1, 0.15) is 5.82 Å². The number of benzene rings is 1. The van der Waals surface area contributed by atoms with Crippen molar-refractivity contribution in [3.8, 4) is 5.69 Å². The molecule has 21 heavy (non-hydrogen) atoms. The van der Waals surface area contributed by atoms with Crippen LogP contribution >= 0.6 is 11.6 Å². The lowest BCUT2D eigenvalue weighted by atomic mass is 10.1. The highest BCUT2D eigenvalue weighted by Gasteiger charge is 2.14. The number of hydrogen-bond acceptors (Lipinski definition) is 3. The average molecular weight is 307 g/mol. The molecule has 0 bridgehead atoms. The van der Waals surface area contributed by atoms with Gasteiger partial charge in [-0.15, -0.1) is 0 Å². The first-order valence-corrected chi connectivity index (χ1v) is 8.02. The summed E-state index contributed by atoms with van der Waals surface area (Å²) in [5, 5.41) is 8.80. The summed E-state index contributed by atoms with van der Waals surface area (Å²) >= 11 is 6.39. The van der Waals surface area contributed by atoms with E-state index in [1.165, 1.54) is 0 Å². The average Bonchev–Trinajstić information content (AvgIpc) is 2.92. The van der Waals surface area contributed by atoms with Crippen LogP contribution < -0.4 is 5.32 Å². The third kappa shape index (κ3) is 3.63. The second-order valence-electron chi connectivity index (χ2n) is 4.98. The highest BCUT2D eigenvalue weighted by atomic mass is 35.5. The Morgan fingerprint density at radius 3 is 2.67 bits per heavy atom. The van der Waals surface area contributed by atoms with Crippen molar-refractivity contribution in [1.29, 1.82) is 0 Å². The lowest BCUT2D eigenvalue weighted by Gasteiger charge is -2.13. The molecule has 0 spiro atoms. The second-order valence-corrected chi connectivity index (χ2v) is 5.38. The van der Waals surface area contributed by atoms with Gasteiger partial charge in [-0.05, 0) is 25.1 Å². The summed E-state index contributed by atoms with van der Waals surface area (Å²) in [6.07, 6.45) is 2.79. The molecular formula is C16H23ClN4. The van der Waals surface area contributed by atoms with Crippen LogP contribution in [0.15, 0.2) is 18.2 Å². The van der Waals surface area contributed by atoms with Gasteiger partial charge in [0.25, 0.3) is 0 Å². The molecule has 0 fully saturated rings. The molecule has 0 saturated heterocycles. The fourth-order valence-electron chi connectivity index (χ4n) is 2.27. The molecule has 0 unspecified atom stereocenters. The molecule has 4 nitrogen and oxygen atoms in total. The first kappa shape index (κ1) is 16.0. The number of halogens is 1. The van der Waals surface area contributed by atoms with Gasteiger partial charge in [-0.25, -0.2) is 9.67 Å². The van der Waals surface area contributed by atoms with E-state index in [1.807, 2.05) is 16.8 Å². The first-order valence-electron chi connectivity index (χ1n) is 7.64. The topological polar surface area (TPSA) is 42.7 Å². The molecule has 1 heterocycles. The van der Waals surface area contributed by atoms with E-state index in [0.717, 1.165) is 60.3 Å². The van der Waals surface area contributed by atoms with E-state index in [9.17, 15) is 0 Å². The van der Waals surface area contributed by atoms with Crippen molar-refractivity contribution in [1.82, 2.24) is 20.1 Å².